The summed E-state index contributed by atoms with van der Waals surface area (Å²) in [6.07, 6.45) is 1.83. The molecule has 0 spiro atoms. The largest absolute Gasteiger partial charge is 0.354 e. The average molecular weight is 416 g/mol. The fourth-order valence-corrected chi connectivity index (χ4v) is 3.80. The zero-order valence-electron chi connectivity index (χ0n) is 14.4. The van der Waals surface area contributed by atoms with Crippen LogP contribution in [-0.2, 0) is 6.54 Å². The van der Waals surface area contributed by atoms with Crippen molar-refractivity contribution in [2.45, 2.75) is 19.5 Å². The first-order valence-corrected chi connectivity index (χ1v) is 9.16. The Balaban J connectivity index is 1.64. The highest BCUT2D eigenvalue weighted by molar-refractivity contribution is 9.10. The number of rotatable bonds is 2. The van der Waals surface area contributed by atoms with E-state index in [0.29, 0.717) is 24.5 Å². The first-order valence-electron chi connectivity index (χ1n) is 8.37. The molecular weight excluding hydrogens is 398 g/mol. The summed E-state index contributed by atoms with van der Waals surface area (Å²) in [5.41, 5.74) is 2.86. The van der Waals surface area contributed by atoms with Gasteiger partial charge in [0, 0.05) is 36.5 Å². The van der Waals surface area contributed by atoms with E-state index in [9.17, 15) is 9.59 Å². The van der Waals surface area contributed by atoms with Crippen LogP contribution in [0.5, 0.6) is 0 Å². The number of nitrogens with one attached hydrogen (secondary N) is 1. The molecule has 0 aromatic carbocycles. The lowest BCUT2D eigenvalue weighted by Crippen LogP contribution is -2.42. The Morgan fingerprint density at radius 1 is 1.23 bits per heavy atom. The fourth-order valence-electron chi connectivity index (χ4n) is 3.48. The Hall–Kier alpha value is -2.61. The topological polar surface area (TPSA) is 71.6 Å². The van der Waals surface area contributed by atoms with Crippen LogP contribution < -0.4 is 5.32 Å². The van der Waals surface area contributed by atoms with Crippen LogP contribution in [0.25, 0.3) is 5.52 Å². The molecule has 4 rings (SSSR count). The molecule has 134 valence electrons. The summed E-state index contributed by atoms with van der Waals surface area (Å²) in [4.78, 5) is 26.8. The lowest BCUT2D eigenvalue weighted by molar-refractivity contribution is 0.0635. The second kappa shape index (κ2) is 6.28. The van der Waals surface area contributed by atoms with Crippen molar-refractivity contribution in [2.24, 2.45) is 0 Å². The van der Waals surface area contributed by atoms with Crippen LogP contribution in [0, 0.1) is 0 Å². The summed E-state index contributed by atoms with van der Waals surface area (Å²) >= 11 is 3.41. The molecule has 3 aromatic rings. The fraction of sp³-hybridized carbons (Fsp3) is 0.278. The molecule has 7 nitrogen and oxygen atoms in total. The minimum absolute atomic E-state index is 0.105. The van der Waals surface area contributed by atoms with E-state index in [2.05, 4.69) is 26.3 Å². The number of hydrogen-bond acceptors (Lipinski definition) is 3. The van der Waals surface area contributed by atoms with Crippen LogP contribution in [0.3, 0.4) is 0 Å². The molecule has 8 heteroatoms. The van der Waals surface area contributed by atoms with Gasteiger partial charge in [-0.15, -0.1) is 0 Å². The number of amides is 2. The highest BCUT2D eigenvalue weighted by atomic mass is 79.9. The maximum atomic E-state index is 13.0. The Labute approximate surface area is 158 Å². The van der Waals surface area contributed by atoms with Crippen molar-refractivity contribution >= 4 is 33.3 Å². The van der Waals surface area contributed by atoms with Crippen LogP contribution in [0.1, 0.15) is 39.6 Å². The standard InChI is InChI=1S/C18H18BrN5O2/c1-11-15-5-6-16(17(25)20-2)23(15)8-7-22(11)18(26)14-9-13-4-3-12(19)10-24(13)21-14/h3-6,9-11H,7-8H2,1-2H3,(H,20,25). The van der Waals surface area contributed by atoms with Crippen LogP contribution in [-0.4, -0.2) is 44.5 Å². The van der Waals surface area contributed by atoms with Crippen molar-refractivity contribution in [3.63, 3.8) is 0 Å². The molecule has 0 aliphatic carbocycles. The molecule has 26 heavy (non-hydrogen) atoms. The summed E-state index contributed by atoms with van der Waals surface area (Å²) in [5.74, 6) is -0.222. The van der Waals surface area contributed by atoms with E-state index in [1.54, 1.807) is 28.6 Å². The Morgan fingerprint density at radius 3 is 2.81 bits per heavy atom. The van der Waals surface area contributed by atoms with Crippen LogP contribution in [0.2, 0.25) is 0 Å². The van der Waals surface area contributed by atoms with Crippen molar-refractivity contribution in [3.8, 4) is 0 Å². The second-order valence-electron chi connectivity index (χ2n) is 6.30. The molecule has 1 N–H and O–H groups in total. The van der Waals surface area contributed by atoms with Gasteiger partial charge in [-0.05, 0) is 53.2 Å². The van der Waals surface area contributed by atoms with E-state index in [1.807, 2.05) is 35.9 Å². The Kier molecular flexibility index (Phi) is 4.07. The first kappa shape index (κ1) is 16.8. The van der Waals surface area contributed by atoms with Gasteiger partial charge >= 0.3 is 0 Å². The highest BCUT2D eigenvalue weighted by Crippen LogP contribution is 2.29. The third kappa shape index (κ3) is 2.61. The molecule has 4 heterocycles. The summed E-state index contributed by atoms with van der Waals surface area (Å²) in [7, 11) is 1.62. The predicted octanol–water partition coefficient (Wildman–Crippen LogP) is 2.47. The maximum absolute atomic E-state index is 13.0. The minimum atomic E-state index is -0.133. The van der Waals surface area contributed by atoms with Gasteiger partial charge in [-0.25, -0.2) is 4.52 Å². The van der Waals surface area contributed by atoms with Gasteiger partial charge in [0.15, 0.2) is 5.69 Å². The molecule has 0 saturated heterocycles. The lowest BCUT2D eigenvalue weighted by Gasteiger charge is -2.35. The summed E-state index contributed by atoms with van der Waals surface area (Å²) in [6.45, 7) is 3.09. The van der Waals surface area contributed by atoms with E-state index in [1.165, 1.54) is 0 Å². The average Bonchev–Trinajstić information content (AvgIpc) is 3.25. The number of carbonyl (C=O) groups is 2. The van der Waals surface area contributed by atoms with Gasteiger partial charge in [0.25, 0.3) is 11.8 Å². The molecule has 2 amide bonds. The molecule has 1 aliphatic heterocycles. The van der Waals surface area contributed by atoms with Crippen molar-refractivity contribution in [2.75, 3.05) is 13.6 Å². The number of halogens is 1. The molecule has 0 radical (unpaired) electrons. The van der Waals surface area contributed by atoms with Gasteiger partial charge in [0.2, 0.25) is 0 Å². The quantitative estimate of drug-likeness (QED) is 0.698. The van der Waals surface area contributed by atoms with Gasteiger partial charge in [-0.1, -0.05) is 0 Å². The third-order valence-electron chi connectivity index (χ3n) is 4.84. The number of fused-ring (bicyclic) bond motifs is 2. The monoisotopic (exact) mass is 415 g/mol. The zero-order chi connectivity index (χ0) is 18.4. The van der Waals surface area contributed by atoms with Crippen molar-refractivity contribution in [1.29, 1.82) is 0 Å². The van der Waals surface area contributed by atoms with Crippen LogP contribution in [0.15, 0.2) is 41.0 Å². The molecule has 1 aliphatic rings. The number of carbonyl (C=O) groups excluding carboxylic acids is 2. The number of pyridine rings is 1. The third-order valence-corrected chi connectivity index (χ3v) is 5.31. The van der Waals surface area contributed by atoms with Gasteiger partial charge in [0.05, 0.1) is 11.6 Å². The van der Waals surface area contributed by atoms with Gasteiger partial charge in [-0.2, -0.15) is 5.10 Å². The molecule has 0 fully saturated rings. The predicted molar refractivity (Wildman–Crippen MR) is 100 cm³/mol. The number of nitrogens with zero attached hydrogens (tertiary/aromatic N) is 4. The molecular formula is C18H18BrN5O2. The molecule has 1 unspecified atom stereocenters. The summed E-state index contributed by atoms with van der Waals surface area (Å²) < 4.78 is 4.57. The summed E-state index contributed by atoms with van der Waals surface area (Å²) in [5, 5.41) is 7.07. The van der Waals surface area contributed by atoms with Crippen molar-refractivity contribution in [3.05, 3.63) is 58.1 Å². The van der Waals surface area contributed by atoms with Gasteiger partial charge in [0.1, 0.15) is 5.69 Å². The lowest BCUT2D eigenvalue weighted by atomic mass is 10.1. The van der Waals surface area contributed by atoms with E-state index in [0.717, 1.165) is 15.7 Å². The molecule has 0 saturated carbocycles. The minimum Gasteiger partial charge on any atom is -0.354 e. The Bertz CT molecular complexity index is 1020. The molecule has 3 aromatic heterocycles. The summed E-state index contributed by atoms with van der Waals surface area (Å²) in [6, 6.07) is 9.21. The SMILES string of the molecule is CNC(=O)c1ccc2n1CCN(C(=O)c1cc3ccc(Br)cn3n1)C2C. The van der Waals surface area contributed by atoms with Gasteiger partial charge in [-0.3, -0.25) is 9.59 Å². The van der Waals surface area contributed by atoms with E-state index >= 15 is 0 Å². The molecule has 0 bridgehead atoms. The van der Waals surface area contributed by atoms with Crippen LogP contribution >= 0.6 is 15.9 Å². The number of hydrogen-bond donors (Lipinski definition) is 1. The smallest absolute Gasteiger partial charge is 0.275 e. The van der Waals surface area contributed by atoms with Crippen LogP contribution in [0.4, 0.5) is 0 Å². The Morgan fingerprint density at radius 2 is 2.04 bits per heavy atom. The van der Waals surface area contributed by atoms with Crippen molar-refractivity contribution in [1.82, 2.24) is 24.4 Å². The van der Waals surface area contributed by atoms with Crippen molar-refractivity contribution < 1.29 is 9.59 Å². The van der Waals surface area contributed by atoms with E-state index in [-0.39, 0.29) is 17.9 Å². The zero-order valence-corrected chi connectivity index (χ0v) is 16.0. The second-order valence-corrected chi connectivity index (χ2v) is 7.21. The van der Waals surface area contributed by atoms with E-state index < -0.39 is 0 Å². The normalized spacial score (nSPS) is 16.6. The number of aromatic nitrogens is 3. The van der Waals surface area contributed by atoms with Gasteiger partial charge < -0.3 is 14.8 Å². The highest BCUT2D eigenvalue weighted by Gasteiger charge is 2.31. The first-order chi connectivity index (χ1) is 12.5. The maximum Gasteiger partial charge on any atom is 0.275 e. The van der Waals surface area contributed by atoms with E-state index in [4.69, 9.17) is 0 Å². The molecule has 1 atom stereocenters.